The summed E-state index contributed by atoms with van der Waals surface area (Å²) in [5.41, 5.74) is 6.12. The highest BCUT2D eigenvalue weighted by Crippen LogP contribution is 2.27. The summed E-state index contributed by atoms with van der Waals surface area (Å²) in [4.78, 5) is 23.7. The van der Waals surface area contributed by atoms with Crippen molar-refractivity contribution >= 4 is 28.9 Å². The van der Waals surface area contributed by atoms with Crippen LogP contribution in [0.3, 0.4) is 0 Å². The molecule has 1 aromatic heterocycles. The Balaban J connectivity index is 1.53. The number of hydrogen-bond acceptors (Lipinski definition) is 4. The summed E-state index contributed by atoms with van der Waals surface area (Å²) < 4.78 is 23.8. The number of carbonyl (C=O) groups excluding carboxylic acids is 2. The van der Waals surface area contributed by atoms with Crippen molar-refractivity contribution in [3.63, 3.8) is 0 Å². The number of rotatable bonds is 6. The number of ether oxygens (including phenoxy) is 1. The van der Waals surface area contributed by atoms with Crippen molar-refractivity contribution in [1.82, 2.24) is 10.9 Å². The number of benzene rings is 2. The van der Waals surface area contributed by atoms with Gasteiger partial charge in [-0.15, -0.1) is 0 Å². The molecule has 2 aromatic carbocycles. The van der Waals surface area contributed by atoms with Gasteiger partial charge in [0.1, 0.15) is 22.9 Å². The summed E-state index contributed by atoms with van der Waals surface area (Å²) in [6.45, 7) is 1.65. The fraction of sp³-hybridized carbons (Fsp3) is 0.143. The Hall–Kier alpha value is -3.61. The van der Waals surface area contributed by atoms with Crippen LogP contribution in [0, 0.1) is 5.82 Å². The van der Waals surface area contributed by atoms with E-state index in [2.05, 4.69) is 10.9 Å². The lowest BCUT2D eigenvalue weighted by Gasteiger charge is -2.07. The Bertz CT molecular complexity index is 1010. The van der Waals surface area contributed by atoms with Crippen LogP contribution in [0.1, 0.15) is 18.2 Å². The highest BCUT2D eigenvalue weighted by atomic mass is 19.1. The molecule has 2 amide bonds. The van der Waals surface area contributed by atoms with Crippen molar-refractivity contribution in [2.24, 2.45) is 0 Å². The normalized spacial score (nSPS) is 10.9. The van der Waals surface area contributed by atoms with E-state index in [0.29, 0.717) is 12.2 Å². The first-order valence-corrected chi connectivity index (χ1v) is 8.72. The molecule has 0 radical (unpaired) electrons. The zero-order valence-corrected chi connectivity index (χ0v) is 15.2. The van der Waals surface area contributed by atoms with Gasteiger partial charge in [0.15, 0.2) is 6.61 Å². The molecule has 0 aliphatic carbocycles. The zero-order valence-electron chi connectivity index (χ0n) is 15.2. The van der Waals surface area contributed by atoms with E-state index in [-0.39, 0.29) is 6.61 Å². The number of para-hydroxylation sites is 1. The first kappa shape index (κ1) is 19.2. The summed E-state index contributed by atoms with van der Waals surface area (Å²) in [6, 6.07) is 12.8. The van der Waals surface area contributed by atoms with Crippen LogP contribution in [-0.4, -0.2) is 18.4 Å². The number of amides is 2. The SMILES string of the molecule is CCc1oc2ccccc2c1/C=C/C(=O)NNC(=O)COc1ccc(F)cc1. The lowest BCUT2D eigenvalue weighted by molar-refractivity contribution is -0.128. The first-order valence-electron chi connectivity index (χ1n) is 8.72. The van der Waals surface area contributed by atoms with E-state index < -0.39 is 17.6 Å². The molecular weight excluding hydrogens is 363 g/mol. The molecule has 3 rings (SSSR count). The number of nitrogens with one attached hydrogen (secondary N) is 2. The third-order valence-electron chi connectivity index (χ3n) is 3.94. The smallest absolute Gasteiger partial charge is 0.276 e. The third kappa shape index (κ3) is 4.76. The minimum Gasteiger partial charge on any atom is -0.484 e. The maximum absolute atomic E-state index is 12.8. The molecule has 0 atom stereocenters. The summed E-state index contributed by atoms with van der Waals surface area (Å²) in [7, 11) is 0. The second kappa shape index (κ2) is 8.85. The Kier molecular flexibility index (Phi) is 6.06. The quantitative estimate of drug-likeness (QED) is 0.506. The molecule has 144 valence electrons. The summed E-state index contributed by atoms with van der Waals surface area (Å²) in [5, 5.41) is 0.917. The van der Waals surface area contributed by atoms with Gasteiger partial charge in [-0.2, -0.15) is 0 Å². The van der Waals surface area contributed by atoms with E-state index in [9.17, 15) is 14.0 Å². The van der Waals surface area contributed by atoms with Crippen LogP contribution < -0.4 is 15.6 Å². The molecule has 6 nitrogen and oxygen atoms in total. The second-order valence-electron chi connectivity index (χ2n) is 5.90. The Morgan fingerprint density at radius 2 is 1.86 bits per heavy atom. The minimum atomic E-state index is -0.547. The predicted octanol–water partition coefficient (Wildman–Crippen LogP) is 3.37. The molecule has 0 saturated carbocycles. The van der Waals surface area contributed by atoms with Crippen LogP contribution in [0.5, 0.6) is 5.75 Å². The van der Waals surface area contributed by atoms with Crippen LogP contribution >= 0.6 is 0 Å². The molecule has 28 heavy (non-hydrogen) atoms. The van der Waals surface area contributed by atoms with Crippen molar-refractivity contribution in [3.05, 3.63) is 71.7 Å². The largest absolute Gasteiger partial charge is 0.484 e. The average molecular weight is 382 g/mol. The van der Waals surface area contributed by atoms with Crippen LogP contribution in [0.4, 0.5) is 4.39 Å². The van der Waals surface area contributed by atoms with Crippen molar-refractivity contribution < 1.29 is 23.1 Å². The summed E-state index contributed by atoms with van der Waals surface area (Å²) in [5.74, 6) is -0.312. The number of hydrazine groups is 1. The molecular formula is C21H19FN2O4. The van der Waals surface area contributed by atoms with E-state index >= 15 is 0 Å². The van der Waals surface area contributed by atoms with Gasteiger partial charge >= 0.3 is 0 Å². The fourth-order valence-electron chi connectivity index (χ4n) is 2.61. The summed E-state index contributed by atoms with van der Waals surface area (Å²) in [6.07, 6.45) is 3.66. The van der Waals surface area contributed by atoms with E-state index in [1.165, 1.54) is 30.3 Å². The van der Waals surface area contributed by atoms with E-state index in [0.717, 1.165) is 22.3 Å². The average Bonchev–Trinajstić information content (AvgIpc) is 3.08. The number of halogens is 1. The topological polar surface area (TPSA) is 80.6 Å². The Morgan fingerprint density at radius 3 is 2.61 bits per heavy atom. The number of furan rings is 1. The van der Waals surface area contributed by atoms with Crippen LogP contribution in [-0.2, 0) is 16.0 Å². The predicted molar refractivity (Wildman–Crippen MR) is 103 cm³/mol. The molecule has 1 heterocycles. The van der Waals surface area contributed by atoms with Crippen LogP contribution in [0.2, 0.25) is 0 Å². The van der Waals surface area contributed by atoms with Gasteiger partial charge in [-0.3, -0.25) is 20.4 Å². The standard InChI is InChI=1S/C21H19FN2O4/c1-2-18-17(16-5-3-4-6-19(16)28-18)11-12-20(25)23-24-21(26)13-27-15-9-7-14(22)8-10-15/h3-12H,2,13H2,1H3,(H,23,25)(H,24,26)/b12-11+. The molecule has 0 spiro atoms. The van der Waals surface area contributed by atoms with Crippen molar-refractivity contribution in [2.45, 2.75) is 13.3 Å². The molecule has 0 aliphatic heterocycles. The lowest BCUT2D eigenvalue weighted by Crippen LogP contribution is -2.43. The molecule has 0 aliphatic rings. The van der Waals surface area contributed by atoms with Gasteiger partial charge < -0.3 is 9.15 Å². The van der Waals surface area contributed by atoms with Gasteiger partial charge in [0.05, 0.1) is 0 Å². The molecule has 0 fully saturated rings. The molecule has 7 heteroatoms. The molecule has 0 saturated heterocycles. The summed E-state index contributed by atoms with van der Waals surface area (Å²) >= 11 is 0. The number of hydrogen-bond donors (Lipinski definition) is 2. The number of aryl methyl sites for hydroxylation is 1. The van der Waals surface area contributed by atoms with Crippen molar-refractivity contribution in [3.8, 4) is 5.75 Å². The molecule has 0 bridgehead atoms. The highest BCUT2D eigenvalue weighted by molar-refractivity contribution is 5.97. The van der Waals surface area contributed by atoms with Gasteiger partial charge in [-0.1, -0.05) is 25.1 Å². The van der Waals surface area contributed by atoms with Gasteiger partial charge in [0.2, 0.25) is 0 Å². The lowest BCUT2D eigenvalue weighted by atomic mass is 10.1. The monoisotopic (exact) mass is 382 g/mol. The maximum Gasteiger partial charge on any atom is 0.276 e. The first-order chi connectivity index (χ1) is 13.6. The molecule has 3 aromatic rings. The maximum atomic E-state index is 12.8. The van der Waals surface area contributed by atoms with E-state index in [4.69, 9.17) is 9.15 Å². The van der Waals surface area contributed by atoms with E-state index in [1.807, 2.05) is 31.2 Å². The van der Waals surface area contributed by atoms with Gasteiger partial charge in [-0.05, 0) is 36.4 Å². The second-order valence-corrected chi connectivity index (χ2v) is 5.90. The fourth-order valence-corrected chi connectivity index (χ4v) is 2.61. The van der Waals surface area contributed by atoms with Crippen molar-refractivity contribution in [1.29, 1.82) is 0 Å². The van der Waals surface area contributed by atoms with Crippen LogP contribution in [0.15, 0.2) is 59.0 Å². The third-order valence-corrected chi connectivity index (χ3v) is 3.94. The zero-order chi connectivity index (χ0) is 19.9. The van der Waals surface area contributed by atoms with Crippen molar-refractivity contribution in [2.75, 3.05) is 6.61 Å². The highest BCUT2D eigenvalue weighted by Gasteiger charge is 2.10. The Labute approximate surface area is 161 Å². The molecule has 2 N–H and O–H groups in total. The van der Waals surface area contributed by atoms with Gasteiger partial charge in [0, 0.05) is 23.4 Å². The van der Waals surface area contributed by atoms with Gasteiger partial charge in [-0.25, -0.2) is 4.39 Å². The number of fused-ring (bicyclic) bond motifs is 1. The molecule has 0 unspecified atom stereocenters. The van der Waals surface area contributed by atoms with E-state index in [1.54, 1.807) is 6.08 Å². The van der Waals surface area contributed by atoms with Gasteiger partial charge in [0.25, 0.3) is 11.8 Å². The minimum absolute atomic E-state index is 0.317. The van der Waals surface area contributed by atoms with Crippen LogP contribution in [0.25, 0.3) is 17.0 Å². The Morgan fingerprint density at radius 1 is 1.11 bits per heavy atom. The number of carbonyl (C=O) groups is 2.